The van der Waals surface area contributed by atoms with Gasteiger partial charge in [0.25, 0.3) is 0 Å². The number of nitriles is 1. The Bertz CT molecular complexity index is 475. The fourth-order valence-electron chi connectivity index (χ4n) is 1.14. The first-order valence-electron chi connectivity index (χ1n) is 5.42. The second-order valence-corrected chi connectivity index (χ2v) is 4.50. The molecule has 4 heteroatoms. The van der Waals surface area contributed by atoms with Gasteiger partial charge in [0.05, 0.1) is 17.3 Å². The molecule has 3 nitrogen and oxygen atoms in total. The summed E-state index contributed by atoms with van der Waals surface area (Å²) < 4.78 is 13.5. The summed E-state index contributed by atoms with van der Waals surface area (Å²) in [6, 6.07) is 5.81. The van der Waals surface area contributed by atoms with Crippen LogP contribution in [0.3, 0.4) is 0 Å². The van der Waals surface area contributed by atoms with E-state index in [9.17, 15) is 9.18 Å². The lowest BCUT2D eigenvalue weighted by molar-refractivity contribution is -0.124. The van der Waals surface area contributed by atoms with Crippen molar-refractivity contribution in [3.63, 3.8) is 0 Å². The van der Waals surface area contributed by atoms with Gasteiger partial charge in [0.15, 0.2) is 0 Å². The third kappa shape index (κ3) is 3.04. The van der Waals surface area contributed by atoms with E-state index in [2.05, 4.69) is 5.32 Å². The lowest BCUT2D eigenvalue weighted by Gasteiger charge is -2.21. The summed E-state index contributed by atoms with van der Waals surface area (Å²) in [5.74, 6) is -0.826. The second-order valence-electron chi connectivity index (χ2n) is 4.50. The predicted octanol–water partition coefficient (Wildman–Crippen LogP) is 3.07. The van der Waals surface area contributed by atoms with Crippen LogP contribution in [0.4, 0.5) is 10.1 Å². The molecule has 0 aliphatic carbocycles. The van der Waals surface area contributed by atoms with Crippen molar-refractivity contribution in [3.05, 3.63) is 29.6 Å². The van der Waals surface area contributed by atoms with Gasteiger partial charge in [-0.25, -0.2) is 4.39 Å². The number of benzene rings is 1. The van der Waals surface area contributed by atoms with Crippen LogP contribution < -0.4 is 5.32 Å². The van der Waals surface area contributed by atoms with Crippen molar-refractivity contribution in [2.75, 3.05) is 5.32 Å². The number of rotatable bonds is 3. The first kappa shape index (κ1) is 13.2. The molecule has 0 fully saturated rings. The van der Waals surface area contributed by atoms with Crippen molar-refractivity contribution in [3.8, 4) is 6.07 Å². The molecule has 0 aliphatic rings. The van der Waals surface area contributed by atoms with Crippen LogP contribution in [0, 0.1) is 22.6 Å². The Morgan fingerprint density at radius 3 is 2.65 bits per heavy atom. The summed E-state index contributed by atoms with van der Waals surface area (Å²) in [4.78, 5) is 11.8. The molecule has 0 saturated carbocycles. The first-order valence-corrected chi connectivity index (χ1v) is 5.42. The van der Waals surface area contributed by atoms with Gasteiger partial charge in [0, 0.05) is 5.41 Å². The number of hydrogen-bond acceptors (Lipinski definition) is 2. The highest BCUT2D eigenvalue weighted by Gasteiger charge is 2.25. The number of halogens is 1. The van der Waals surface area contributed by atoms with E-state index in [4.69, 9.17) is 5.26 Å². The minimum absolute atomic E-state index is 0.107. The minimum Gasteiger partial charge on any atom is -0.323 e. The standard InChI is InChI=1S/C13H15FN2O/c1-4-13(2,3)12(17)16-11-6-5-9(8-15)7-10(11)14/h5-7H,4H2,1-3H3,(H,16,17). The van der Waals surface area contributed by atoms with Crippen molar-refractivity contribution >= 4 is 11.6 Å². The molecular weight excluding hydrogens is 219 g/mol. The molecule has 0 unspecified atom stereocenters. The molecule has 0 bridgehead atoms. The molecule has 0 spiro atoms. The summed E-state index contributed by atoms with van der Waals surface area (Å²) in [6.45, 7) is 5.49. The van der Waals surface area contributed by atoms with E-state index in [0.717, 1.165) is 6.07 Å². The van der Waals surface area contributed by atoms with Crippen molar-refractivity contribution in [2.24, 2.45) is 5.41 Å². The molecule has 0 heterocycles. The van der Waals surface area contributed by atoms with Gasteiger partial charge >= 0.3 is 0 Å². The van der Waals surface area contributed by atoms with Gasteiger partial charge in [-0.1, -0.05) is 20.8 Å². The van der Waals surface area contributed by atoms with Gasteiger partial charge < -0.3 is 5.32 Å². The SMILES string of the molecule is CCC(C)(C)C(=O)Nc1ccc(C#N)cc1F. The summed E-state index contributed by atoms with van der Waals surface area (Å²) in [6.07, 6.45) is 0.663. The molecule has 17 heavy (non-hydrogen) atoms. The summed E-state index contributed by atoms with van der Waals surface area (Å²) in [7, 11) is 0. The normalized spacial score (nSPS) is 10.8. The molecular formula is C13H15FN2O. The highest BCUT2D eigenvalue weighted by Crippen LogP contribution is 2.23. The number of nitrogens with one attached hydrogen (secondary N) is 1. The second kappa shape index (κ2) is 4.96. The maximum atomic E-state index is 13.5. The zero-order valence-corrected chi connectivity index (χ0v) is 10.2. The van der Waals surface area contributed by atoms with Gasteiger partial charge in [0.2, 0.25) is 5.91 Å². The number of anilines is 1. The van der Waals surface area contributed by atoms with E-state index >= 15 is 0 Å². The number of carbonyl (C=O) groups excluding carboxylic acids is 1. The van der Waals surface area contributed by atoms with E-state index < -0.39 is 11.2 Å². The molecule has 1 aromatic carbocycles. The molecule has 1 aromatic rings. The number of hydrogen-bond donors (Lipinski definition) is 1. The maximum absolute atomic E-state index is 13.5. The third-order valence-electron chi connectivity index (χ3n) is 2.84. The van der Waals surface area contributed by atoms with Gasteiger partial charge in [-0.05, 0) is 24.6 Å². The number of amides is 1. The topological polar surface area (TPSA) is 52.9 Å². The van der Waals surface area contributed by atoms with E-state index in [-0.39, 0.29) is 17.2 Å². The van der Waals surface area contributed by atoms with Gasteiger partial charge in [0.1, 0.15) is 5.82 Å². The molecule has 0 radical (unpaired) electrons. The van der Waals surface area contributed by atoms with Crippen molar-refractivity contribution < 1.29 is 9.18 Å². The fourth-order valence-corrected chi connectivity index (χ4v) is 1.14. The van der Waals surface area contributed by atoms with Crippen molar-refractivity contribution in [1.82, 2.24) is 0 Å². The van der Waals surface area contributed by atoms with Crippen molar-refractivity contribution in [1.29, 1.82) is 5.26 Å². The minimum atomic E-state index is -0.593. The number of carbonyl (C=O) groups is 1. The maximum Gasteiger partial charge on any atom is 0.230 e. The zero-order valence-electron chi connectivity index (χ0n) is 10.2. The Labute approximate surface area is 100 Å². The molecule has 0 aliphatic heterocycles. The van der Waals surface area contributed by atoms with Crippen LogP contribution in [0.5, 0.6) is 0 Å². The largest absolute Gasteiger partial charge is 0.323 e. The highest BCUT2D eigenvalue weighted by molar-refractivity contribution is 5.94. The van der Waals surface area contributed by atoms with Crippen LogP contribution >= 0.6 is 0 Å². The summed E-state index contributed by atoms with van der Waals surface area (Å²) >= 11 is 0. The van der Waals surface area contributed by atoms with Crippen LogP contribution in [0.2, 0.25) is 0 Å². The summed E-state index contributed by atoms with van der Waals surface area (Å²) in [5, 5.41) is 11.1. The molecule has 0 atom stereocenters. The lowest BCUT2D eigenvalue weighted by Crippen LogP contribution is -2.30. The van der Waals surface area contributed by atoms with Crippen LogP contribution in [-0.2, 0) is 4.79 Å². The lowest BCUT2D eigenvalue weighted by atomic mass is 9.89. The van der Waals surface area contributed by atoms with Crippen LogP contribution in [0.15, 0.2) is 18.2 Å². The highest BCUT2D eigenvalue weighted by atomic mass is 19.1. The summed E-state index contributed by atoms with van der Waals surface area (Å²) in [5.41, 5.74) is -0.203. The van der Waals surface area contributed by atoms with Gasteiger partial charge in [-0.2, -0.15) is 5.26 Å². The van der Waals surface area contributed by atoms with Crippen LogP contribution in [-0.4, -0.2) is 5.91 Å². The molecule has 90 valence electrons. The molecule has 0 aromatic heterocycles. The molecule has 1 amide bonds. The quantitative estimate of drug-likeness (QED) is 0.873. The first-order chi connectivity index (χ1) is 7.90. The Morgan fingerprint density at radius 2 is 2.18 bits per heavy atom. The Balaban J connectivity index is 2.91. The fraction of sp³-hybridized carbons (Fsp3) is 0.385. The number of nitrogens with zero attached hydrogens (tertiary/aromatic N) is 1. The monoisotopic (exact) mass is 234 g/mol. The van der Waals surface area contributed by atoms with Crippen LogP contribution in [0.1, 0.15) is 32.8 Å². The van der Waals surface area contributed by atoms with E-state index in [1.54, 1.807) is 13.8 Å². The molecule has 0 saturated heterocycles. The molecule has 1 N–H and O–H groups in total. The van der Waals surface area contributed by atoms with Crippen LogP contribution in [0.25, 0.3) is 0 Å². The Morgan fingerprint density at radius 1 is 1.53 bits per heavy atom. The van der Waals surface area contributed by atoms with Crippen molar-refractivity contribution in [2.45, 2.75) is 27.2 Å². The Hall–Kier alpha value is -1.89. The van der Waals surface area contributed by atoms with E-state index in [1.807, 2.05) is 13.0 Å². The average Bonchev–Trinajstić information content (AvgIpc) is 2.31. The van der Waals surface area contributed by atoms with E-state index in [0.29, 0.717) is 6.42 Å². The average molecular weight is 234 g/mol. The molecule has 1 rings (SSSR count). The van der Waals surface area contributed by atoms with E-state index in [1.165, 1.54) is 12.1 Å². The third-order valence-corrected chi connectivity index (χ3v) is 2.84. The smallest absolute Gasteiger partial charge is 0.230 e. The predicted molar refractivity (Wildman–Crippen MR) is 63.8 cm³/mol. The Kier molecular flexibility index (Phi) is 3.84. The van der Waals surface area contributed by atoms with Gasteiger partial charge in [-0.3, -0.25) is 4.79 Å². The van der Waals surface area contributed by atoms with Gasteiger partial charge in [-0.15, -0.1) is 0 Å². The zero-order chi connectivity index (χ0) is 13.1.